The lowest BCUT2D eigenvalue weighted by Gasteiger charge is -2.26. The number of benzene rings is 3. The molecule has 2 fully saturated rings. The van der Waals surface area contributed by atoms with E-state index in [-0.39, 0.29) is 38.4 Å². The van der Waals surface area contributed by atoms with Crippen molar-refractivity contribution in [3.8, 4) is 33.8 Å². The number of rotatable bonds is 16. The molecule has 0 saturated carbocycles. The second kappa shape index (κ2) is 26.5. The Morgan fingerprint density at radius 2 is 0.942 bits per heavy atom. The Balaban J connectivity index is 0.000000154. The molecule has 3 aromatic carbocycles. The van der Waals surface area contributed by atoms with Gasteiger partial charge in [0.15, 0.2) is 46.5 Å². The highest BCUT2D eigenvalue weighted by Crippen LogP contribution is 2.28. The Kier molecular flexibility index (Phi) is 19.2. The molecule has 9 aromatic rings. The molecule has 0 spiro atoms. The van der Waals surface area contributed by atoms with Crippen LogP contribution < -0.4 is 10.6 Å². The Bertz CT molecular complexity index is 4250. The second-order valence-corrected chi connectivity index (χ2v) is 28.5. The molecule has 0 bridgehead atoms. The van der Waals surface area contributed by atoms with Gasteiger partial charge in [0.05, 0.1) is 115 Å². The number of ether oxygens (including phenoxy) is 3. The number of nitrogens with one attached hydrogen (secondary N) is 5. The van der Waals surface area contributed by atoms with Crippen molar-refractivity contribution in [2.45, 2.75) is 84.4 Å². The molecule has 27 heteroatoms. The van der Waals surface area contributed by atoms with Crippen LogP contribution in [0.5, 0.6) is 0 Å². The van der Waals surface area contributed by atoms with Crippen LogP contribution in [-0.4, -0.2) is 174 Å². The number of H-pyrrole nitrogens is 3. The van der Waals surface area contributed by atoms with E-state index in [0.717, 1.165) is 17.5 Å². The molecule has 0 unspecified atom stereocenters. The van der Waals surface area contributed by atoms with Crippen molar-refractivity contribution in [3.63, 3.8) is 0 Å². The Hall–Kier alpha value is -8.34. The molecule has 2 aliphatic rings. The zero-order valence-corrected chi connectivity index (χ0v) is 50.8. The van der Waals surface area contributed by atoms with Crippen molar-refractivity contribution in [2.24, 2.45) is 0 Å². The summed E-state index contributed by atoms with van der Waals surface area (Å²) in [6.45, 7) is 14.0. The summed E-state index contributed by atoms with van der Waals surface area (Å²) in [5.41, 5.74) is 8.08. The molecule has 2 aliphatic heterocycles. The summed E-state index contributed by atoms with van der Waals surface area (Å²) in [7, 11) is -8.44. The second-order valence-electron chi connectivity index (χ2n) is 21.0. The Morgan fingerprint density at radius 1 is 0.558 bits per heavy atom. The smallest absolute Gasteiger partial charge is 0.257 e. The number of carbonyl (C=O) groups is 3. The van der Waals surface area contributed by atoms with Crippen LogP contribution in [0.15, 0.2) is 125 Å². The zero-order chi connectivity index (χ0) is 61.5. The van der Waals surface area contributed by atoms with Crippen LogP contribution >= 0.6 is 0 Å². The van der Waals surface area contributed by atoms with Crippen molar-refractivity contribution < 1.29 is 53.8 Å². The maximum absolute atomic E-state index is 12.9. The third-order valence-electron chi connectivity index (χ3n) is 14.3. The van der Waals surface area contributed by atoms with E-state index >= 15 is 0 Å². The number of sulfone groups is 3. The third-order valence-corrected chi connectivity index (χ3v) is 20.8. The van der Waals surface area contributed by atoms with Crippen LogP contribution in [0.2, 0.25) is 0 Å². The predicted octanol–water partition coefficient (Wildman–Crippen LogP) is 6.79. The summed E-state index contributed by atoms with van der Waals surface area (Å²) >= 11 is 0. The summed E-state index contributed by atoms with van der Waals surface area (Å²) in [6.07, 6.45) is 10.4. The average molecular weight is 1230 g/mol. The SMILES string of the molecule is CC(C)S(=O)(=O)c1ccc(-c2cnc3[nH]cc(C(=O)N4CCOCC4)c3n2)cc1.CC(C)S(=O)(=O)c1ccc(-c2cnc3[nH]cc(C(=O)N[C@H]4CCOC4)c3n2)cc1.COCCNC(=O)c1c[nH]c2ncc(-c3ccc(S(=O)(=O)C(C)C)cc3)nc12. The fourth-order valence-electron chi connectivity index (χ4n) is 9.07. The van der Waals surface area contributed by atoms with E-state index in [1.54, 1.807) is 164 Å². The van der Waals surface area contributed by atoms with Crippen molar-refractivity contribution in [3.05, 3.63) is 127 Å². The summed E-state index contributed by atoms with van der Waals surface area (Å²) in [5, 5.41) is 4.23. The first-order valence-electron chi connectivity index (χ1n) is 27.7. The minimum atomic E-state index is -3.34. The number of fused-ring (bicyclic) bond motifs is 3. The van der Waals surface area contributed by atoms with Crippen molar-refractivity contribution in [1.82, 2.24) is 60.4 Å². The number of morpholine rings is 1. The first-order chi connectivity index (χ1) is 41.1. The summed E-state index contributed by atoms with van der Waals surface area (Å²) < 4.78 is 89.3. The van der Waals surface area contributed by atoms with E-state index in [9.17, 15) is 39.6 Å². The van der Waals surface area contributed by atoms with Gasteiger partial charge in [-0.25, -0.2) is 55.2 Å². The minimum absolute atomic E-state index is 0.000887. The van der Waals surface area contributed by atoms with Gasteiger partial charge in [0.25, 0.3) is 17.7 Å². The highest BCUT2D eigenvalue weighted by molar-refractivity contribution is 7.92. The van der Waals surface area contributed by atoms with E-state index < -0.39 is 45.3 Å². The minimum Gasteiger partial charge on any atom is -0.383 e. The average Bonchev–Trinajstić information content (AvgIpc) is 2.66. The van der Waals surface area contributed by atoms with Crippen LogP contribution in [0, 0.1) is 0 Å². The lowest BCUT2D eigenvalue weighted by atomic mass is 10.1. The van der Waals surface area contributed by atoms with Gasteiger partial charge in [-0.05, 0) is 84.4 Å². The molecule has 6 aromatic heterocycles. The number of aromatic nitrogens is 9. The van der Waals surface area contributed by atoms with Gasteiger partial charge >= 0.3 is 0 Å². The van der Waals surface area contributed by atoms with Gasteiger partial charge in [-0.15, -0.1) is 0 Å². The largest absolute Gasteiger partial charge is 0.383 e. The highest BCUT2D eigenvalue weighted by Gasteiger charge is 2.26. The molecule has 1 atom stereocenters. The maximum atomic E-state index is 12.9. The number of methoxy groups -OCH3 is 1. The van der Waals surface area contributed by atoms with Gasteiger partial charge in [-0.2, -0.15) is 0 Å². The monoisotopic (exact) mass is 1230 g/mol. The van der Waals surface area contributed by atoms with Gasteiger partial charge < -0.3 is 44.7 Å². The van der Waals surface area contributed by atoms with Crippen molar-refractivity contribution >= 4 is 80.7 Å². The molecule has 5 N–H and O–H groups in total. The maximum Gasteiger partial charge on any atom is 0.257 e. The summed E-state index contributed by atoms with van der Waals surface area (Å²) in [4.78, 5) is 76.1. The van der Waals surface area contributed by atoms with Crippen LogP contribution in [0.3, 0.4) is 0 Å². The Morgan fingerprint density at radius 3 is 1.31 bits per heavy atom. The molecule has 8 heterocycles. The topological polar surface area (TPSA) is 333 Å². The molecule has 24 nitrogen and oxygen atoms in total. The summed E-state index contributed by atoms with van der Waals surface area (Å²) in [5.74, 6) is -0.603. The van der Waals surface area contributed by atoms with Crippen molar-refractivity contribution in [2.75, 3.05) is 59.8 Å². The fourth-order valence-corrected chi connectivity index (χ4v) is 12.3. The first kappa shape index (κ1) is 62.2. The third kappa shape index (κ3) is 13.7. The molecule has 86 heavy (non-hydrogen) atoms. The molecule has 0 aliphatic carbocycles. The first-order valence-corrected chi connectivity index (χ1v) is 32.3. The van der Waals surface area contributed by atoms with Gasteiger partial charge in [0.1, 0.15) is 16.6 Å². The molecule has 452 valence electrons. The number of hydrogen-bond acceptors (Lipinski definition) is 18. The van der Waals surface area contributed by atoms with Crippen LogP contribution in [0.25, 0.3) is 67.3 Å². The van der Waals surface area contributed by atoms with Gasteiger partial charge in [0, 0.05) is 68.6 Å². The predicted molar refractivity (Wildman–Crippen MR) is 323 cm³/mol. The molecule has 11 rings (SSSR count). The van der Waals surface area contributed by atoms with Crippen LogP contribution in [-0.2, 0) is 43.7 Å². The highest BCUT2D eigenvalue weighted by atomic mass is 32.2. The molecule has 0 radical (unpaired) electrons. The van der Waals surface area contributed by atoms with Crippen molar-refractivity contribution in [1.29, 1.82) is 0 Å². The van der Waals surface area contributed by atoms with Gasteiger partial charge in [-0.3, -0.25) is 14.4 Å². The normalized spacial score (nSPS) is 14.8. The number of aromatic amines is 3. The van der Waals surface area contributed by atoms with E-state index in [2.05, 4.69) is 55.5 Å². The van der Waals surface area contributed by atoms with E-state index in [1.807, 2.05) is 0 Å². The quantitative estimate of drug-likeness (QED) is 0.0622. The van der Waals surface area contributed by atoms with Crippen LogP contribution in [0.1, 0.15) is 79.0 Å². The molecule has 2 saturated heterocycles. The van der Waals surface area contributed by atoms with Gasteiger partial charge in [-0.1, -0.05) is 36.4 Å². The number of amides is 3. The van der Waals surface area contributed by atoms with Gasteiger partial charge in [0.2, 0.25) is 0 Å². The summed E-state index contributed by atoms with van der Waals surface area (Å²) in [6, 6.07) is 19.6. The lowest BCUT2D eigenvalue weighted by molar-refractivity contribution is 0.0304. The fraction of sp³-hybridized carbons (Fsp3) is 0.339. The zero-order valence-electron chi connectivity index (χ0n) is 48.3. The molecular formula is C59H66N12O12S3. The molecule has 3 amide bonds. The van der Waals surface area contributed by atoms with Crippen LogP contribution in [0.4, 0.5) is 0 Å². The number of nitrogens with zero attached hydrogens (tertiary/aromatic N) is 7. The molecular weight excluding hydrogens is 1160 g/mol. The standard InChI is InChI=1S/2C20H22N4O4S.C19H22N4O4S/c1-13(2)29(26,27)15-5-3-14(4-6-15)17-12-22-19-18(23-17)16(11-21-19)20(25)24-7-9-28-10-8-24;1-12(2)29(26,27)15-5-3-13(4-6-15)17-10-22-19-18(24-17)16(9-21-19)20(25)23-14-7-8-28-11-14;1-12(2)28(25,26)14-6-4-13(5-7-14)16-11-22-18-17(23-16)15(10-21-18)19(24)20-8-9-27-3/h3-6,11-13H,7-10H2,1-2H3,(H,21,22);3-6,9-10,12,14H,7-8,11H2,1-2H3,(H,21,22)(H,23,25);4-7,10-12H,8-9H2,1-3H3,(H,20,24)(H,21,22)/t;14-;/m.0./s1. The van der Waals surface area contributed by atoms with E-state index in [1.165, 1.54) is 0 Å². The Labute approximate surface area is 497 Å². The van der Waals surface area contributed by atoms with E-state index in [0.29, 0.717) is 125 Å². The number of carbonyl (C=O) groups excluding carboxylic acids is 3. The lowest BCUT2D eigenvalue weighted by Crippen LogP contribution is -2.40. The van der Waals surface area contributed by atoms with E-state index in [4.69, 9.17) is 14.2 Å². The number of hydrogen-bond donors (Lipinski definition) is 5.